The first-order valence-electron chi connectivity index (χ1n) is 8.96. The van der Waals surface area contributed by atoms with E-state index in [1.54, 1.807) is 20.8 Å². The summed E-state index contributed by atoms with van der Waals surface area (Å²) in [6.07, 6.45) is 0.556. The predicted octanol–water partition coefficient (Wildman–Crippen LogP) is 4.41. The normalized spacial score (nSPS) is 20.8. The fourth-order valence-corrected chi connectivity index (χ4v) is 3.63. The van der Waals surface area contributed by atoms with Gasteiger partial charge >= 0.3 is 12.1 Å². The number of piperidine rings is 1. The van der Waals surface area contributed by atoms with Crippen LogP contribution in [0.25, 0.3) is 10.8 Å². The van der Waals surface area contributed by atoms with Gasteiger partial charge in [-0.05, 0) is 55.9 Å². The molecule has 1 fully saturated rings. The zero-order chi connectivity index (χ0) is 18.9. The number of carbonyl (C=O) groups excluding carboxylic acids is 1. The number of fused-ring (bicyclic) bond motifs is 1. The number of carbonyl (C=O) groups is 2. The Kier molecular flexibility index (Phi) is 4.90. The lowest BCUT2D eigenvalue weighted by Crippen LogP contribution is -2.51. The minimum absolute atomic E-state index is 0.0980. The van der Waals surface area contributed by atoms with E-state index in [0.29, 0.717) is 13.0 Å². The number of rotatable bonds is 2. The van der Waals surface area contributed by atoms with E-state index in [4.69, 9.17) is 4.74 Å². The van der Waals surface area contributed by atoms with Crippen molar-refractivity contribution in [2.45, 2.75) is 51.2 Å². The summed E-state index contributed by atoms with van der Waals surface area (Å²) in [4.78, 5) is 25.6. The Balaban J connectivity index is 1.86. The second-order valence-corrected chi connectivity index (χ2v) is 7.82. The van der Waals surface area contributed by atoms with Crippen LogP contribution in [0.5, 0.6) is 0 Å². The first kappa shape index (κ1) is 18.2. The second kappa shape index (κ2) is 6.98. The van der Waals surface area contributed by atoms with Crippen molar-refractivity contribution in [2.75, 3.05) is 6.54 Å². The Hall–Kier alpha value is -2.56. The maximum absolute atomic E-state index is 12.4. The Bertz CT molecular complexity index is 819. The first-order valence-corrected chi connectivity index (χ1v) is 8.96. The molecule has 5 heteroatoms. The third-order valence-electron chi connectivity index (χ3n) is 4.78. The summed E-state index contributed by atoms with van der Waals surface area (Å²) in [5, 5.41) is 12.0. The van der Waals surface area contributed by atoms with E-state index < -0.39 is 23.7 Å². The van der Waals surface area contributed by atoms with Crippen molar-refractivity contribution in [3.63, 3.8) is 0 Å². The SMILES string of the molecule is CC(C)(C)OC(=O)N1CCC(c2cccc3ccccc23)C[C@@H]1C(=O)O. The van der Waals surface area contributed by atoms with Crippen LogP contribution in [-0.4, -0.2) is 40.3 Å². The van der Waals surface area contributed by atoms with E-state index in [1.165, 1.54) is 4.90 Å². The van der Waals surface area contributed by atoms with Gasteiger partial charge in [-0.1, -0.05) is 42.5 Å². The fourth-order valence-electron chi connectivity index (χ4n) is 3.63. The van der Waals surface area contributed by atoms with E-state index in [1.807, 2.05) is 18.2 Å². The van der Waals surface area contributed by atoms with Crippen molar-refractivity contribution < 1.29 is 19.4 Å². The summed E-state index contributed by atoms with van der Waals surface area (Å²) in [5.74, 6) is -0.887. The molecule has 0 radical (unpaired) electrons. The number of amides is 1. The summed E-state index contributed by atoms with van der Waals surface area (Å²) in [6, 6.07) is 13.4. The zero-order valence-corrected chi connectivity index (χ0v) is 15.4. The molecule has 138 valence electrons. The van der Waals surface area contributed by atoms with Gasteiger partial charge in [-0.2, -0.15) is 0 Å². The quantitative estimate of drug-likeness (QED) is 0.866. The van der Waals surface area contributed by atoms with E-state index in [0.717, 1.165) is 22.8 Å². The first-order chi connectivity index (χ1) is 12.3. The number of ether oxygens (including phenoxy) is 1. The molecule has 0 aliphatic carbocycles. The number of hydrogen-bond donors (Lipinski definition) is 1. The average Bonchev–Trinajstić information content (AvgIpc) is 2.59. The number of hydrogen-bond acceptors (Lipinski definition) is 3. The van der Waals surface area contributed by atoms with Gasteiger partial charge in [0.2, 0.25) is 0 Å². The molecular formula is C21H25NO4. The topological polar surface area (TPSA) is 66.8 Å². The molecule has 1 saturated heterocycles. The van der Waals surface area contributed by atoms with Crippen LogP contribution in [-0.2, 0) is 9.53 Å². The van der Waals surface area contributed by atoms with Gasteiger partial charge in [0.25, 0.3) is 0 Å². The van der Waals surface area contributed by atoms with Crippen LogP contribution in [0, 0.1) is 0 Å². The smallest absolute Gasteiger partial charge is 0.411 e. The number of carboxylic acids is 1. The molecule has 2 aromatic carbocycles. The molecule has 1 aliphatic rings. The molecule has 1 amide bonds. The van der Waals surface area contributed by atoms with Gasteiger partial charge in [0.15, 0.2) is 0 Å². The van der Waals surface area contributed by atoms with Gasteiger partial charge in [0.1, 0.15) is 11.6 Å². The monoisotopic (exact) mass is 355 g/mol. The lowest BCUT2D eigenvalue weighted by Gasteiger charge is -2.38. The van der Waals surface area contributed by atoms with Crippen molar-refractivity contribution in [2.24, 2.45) is 0 Å². The van der Waals surface area contributed by atoms with Crippen LogP contribution in [0.3, 0.4) is 0 Å². The highest BCUT2D eigenvalue weighted by Gasteiger charge is 2.39. The van der Waals surface area contributed by atoms with Gasteiger partial charge in [-0.3, -0.25) is 4.90 Å². The summed E-state index contributed by atoms with van der Waals surface area (Å²) >= 11 is 0. The van der Waals surface area contributed by atoms with Crippen molar-refractivity contribution >= 4 is 22.8 Å². The minimum atomic E-state index is -0.985. The van der Waals surface area contributed by atoms with E-state index >= 15 is 0 Å². The number of carboxylic acid groups (broad SMARTS) is 1. The molecule has 1 heterocycles. The molecule has 2 aromatic rings. The average molecular weight is 355 g/mol. The van der Waals surface area contributed by atoms with Gasteiger partial charge in [0.05, 0.1) is 0 Å². The van der Waals surface area contributed by atoms with Crippen LogP contribution >= 0.6 is 0 Å². The maximum Gasteiger partial charge on any atom is 0.411 e. The Labute approximate surface area is 153 Å². The highest BCUT2D eigenvalue weighted by Crippen LogP contribution is 2.36. The van der Waals surface area contributed by atoms with Gasteiger partial charge < -0.3 is 9.84 Å². The second-order valence-electron chi connectivity index (χ2n) is 7.82. The Morgan fingerprint density at radius 2 is 1.81 bits per heavy atom. The molecular weight excluding hydrogens is 330 g/mol. The fraction of sp³-hybridized carbons (Fsp3) is 0.429. The molecule has 0 spiro atoms. The zero-order valence-electron chi connectivity index (χ0n) is 15.4. The molecule has 2 atom stereocenters. The summed E-state index contributed by atoms with van der Waals surface area (Å²) in [7, 11) is 0. The van der Waals surface area contributed by atoms with Crippen LogP contribution in [0.1, 0.15) is 45.1 Å². The molecule has 0 saturated carbocycles. The molecule has 0 bridgehead atoms. The van der Waals surface area contributed by atoms with Crippen LogP contribution in [0.15, 0.2) is 42.5 Å². The summed E-state index contributed by atoms with van der Waals surface area (Å²) in [6.45, 7) is 5.72. The van der Waals surface area contributed by atoms with Crippen LogP contribution in [0.2, 0.25) is 0 Å². The molecule has 5 nitrogen and oxygen atoms in total. The lowest BCUT2D eigenvalue weighted by molar-refractivity contribution is -0.144. The maximum atomic E-state index is 12.4. The van der Waals surface area contributed by atoms with Crippen LogP contribution in [0.4, 0.5) is 4.79 Å². The number of aliphatic carboxylic acids is 1. The van der Waals surface area contributed by atoms with E-state index in [9.17, 15) is 14.7 Å². The minimum Gasteiger partial charge on any atom is -0.480 e. The van der Waals surface area contributed by atoms with Gasteiger partial charge in [0, 0.05) is 6.54 Å². The van der Waals surface area contributed by atoms with Crippen molar-refractivity contribution in [3.05, 3.63) is 48.0 Å². The predicted molar refractivity (Wildman–Crippen MR) is 100 cm³/mol. The lowest BCUT2D eigenvalue weighted by atomic mass is 9.83. The van der Waals surface area contributed by atoms with Crippen molar-refractivity contribution in [3.8, 4) is 0 Å². The molecule has 3 rings (SSSR count). The highest BCUT2D eigenvalue weighted by molar-refractivity contribution is 5.86. The third-order valence-corrected chi connectivity index (χ3v) is 4.78. The van der Waals surface area contributed by atoms with Crippen molar-refractivity contribution in [1.29, 1.82) is 0 Å². The largest absolute Gasteiger partial charge is 0.480 e. The molecule has 1 N–H and O–H groups in total. The summed E-state index contributed by atoms with van der Waals surface area (Å²) < 4.78 is 5.39. The number of benzene rings is 2. The molecule has 1 aliphatic heterocycles. The number of likely N-dealkylation sites (tertiary alicyclic amines) is 1. The van der Waals surface area contributed by atoms with Gasteiger partial charge in [-0.25, -0.2) is 9.59 Å². The van der Waals surface area contributed by atoms with Crippen molar-refractivity contribution in [1.82, 2.24) is 4.90 Å². The Morgan fingerprint density at radius 3 is 2.50 bits per heavy atom. The standard InChI is InChI=1S/C21H25NO4/c1-21(2,3)26-20(25)22-12-11-15(13-18(22)19(23)24)17-10-6-8-14-7-4-5-9-16(14)17/h4-10,15,18H,11-13H2,1-3H3,(H,23,24)/t15?,18-/m1/s1. The number of nitrogens with zero attached hydrogens (tertiary/aromatic N) is 1. The highest BCUT2D eigenvalue weighted by atomic mass is 16.6. The molecule has 0 aromatic heterocycles. The summed E-state index contributed by atoms with van der Waals surface area (Å²) in [5.41, 5.74) is 0.505. The third kappa shape index (κ3) is 3.82. The van der Waals surface area contributed by atoms with Crippen LogP contribution < -0.4 is 0 Å². The van der Waals surface area contributed by atoms with Gasteiger partial charge in [-0.15, -0.1) is 0 Å². The van der Waals surface area contributed by atoms with E-state index in [2.05, 4.69) is 24.3 Å². The van der Waals surface area contributed by atoms with E-state index in [-0.39, 0.29) is 5.92 Å². The molecule has 1 unspecified atom stereocenters. The Morgan fingerprint density at radius 1 is 1.12 bits per heavy atom. The molecule has 26 heavy (non-hydrogen) atoms.